The van der Waals surface area contributed by atoms with Crippen LogP contribution >= 0.6 is 27.3 Å². The first-order valence-corrected chi connectivity index (χ1v) is 7.95. The smallest absolute Gasteiger partial charge is 0.297 e. The van der Waals surface area contributed by atoms with Crippen LogP contribution in [-0.4, -0.2) is 18.6 Å². The van der Waals surface area contributed by atoms with Crippen molar-refractivity contribution >= 4 is 33.3 Å². The maximum Gasteiger partial charge on any atom is 0.297 e. The molecule has 0 saturated heterocycles. The number of halogens is 1. The standard InChI is InChI=1S/C13H18BrN3OS/c1-3-4-15-6-11-8-18-13(16-11)17(2)7-10-5-12(14)19-9-10/h5,8-9,15H,3-4,6-7H2,1-2H3. The van der Waals surface area contributed by atoms with E-state index in [1.165, 1.54) is 5.56 Å². The SMILES string of the molecule is CCCNCc1coc(N(C)Cc2csc(Br)c2)n1. The van der Waals surface area contributed by atoms with Crippen molar-refractivity contribution in [3.05, 3.63) is 32.8 Å². The zero-order valence-electron chi connectivity index (χ0n) is 11.1. The summed E-state index contributed by atoms with van der Waals surface area (Å²) >= 11 is 5.16. The summed E-state index contributed by atoms with van der Waals surface area (Å²) < 4.78 is 6.65. The summed E-state index contributed by atoms with van der Waals surface area (Å²) in [7, 11) is 1.99. The van der Waals surface area contributed by atoms with E-state index in [2.05, 4.69) is 44.6 Å². The number of oxazole rings is 1. The topological polar surface area (TPSA) is 41.3 Å². The molecule has 0 atom stereocenters. The van der Waals surface area contributed by atoms with Gasteiger partial charge in [-0.1, -0.05) is 6.92 Å². The number of nitrogens with one attached hydrogen (secondary N) is 1. The number of hydrogen-bond donors (Lipinski definition) is 1. The van der Waals surface area contributed by atoms with E-state index in [0.29, 0.717) is 6.01 Å². The van der Waals surface area contributed by atoms with Crippen LogP contribution in [-0.2, 0) is 13.1 Å². The highest BCUT2D eigenvalue weighted by Gasteiger charge is 2.10. The summed E-state index contributed by atoms with van der Waals surface area (Å²) in [5, 5.41) is 5.44. The van der Waals surface area contributed by atoms with Gasteiger partial charge in [-0.05, 0) is 45.9 Å². The van der Waals surface area contributed by atoms with Crippen LogP contribution < -0.4 is 10.2 Å². The van der Waals surface area contributed by atoms with Crippen molar-refractivity contribution in [2.24, 2.45) is 0 Å². The van der Waals surface area contributed by atoms with E-state index in [1.807, 2.05) is 11.9 Å². The second kappa shape index (κ2) is 7.07. The van der Waals surface area contributed by atoms with Crippen molar-refractivity contribution in [1.82, 2.24) is 10.3 Å². The normalized spacial score (nSPS) is 10.9. The highest BCUT2D eigenvalue weighted by atomic mass is 79.9. The summed E-state index contributed by atoms with van der Waals surface area (Å²) in [5.74, 6) is 0. The third-order valence-corrected chi connectivity index (χ3v) is 4.19. The molecule has 4 nitrogen and oxygen atoms in total. The van der Waals surface area contributed by atoms with Gasteiger partial charge in [0.05, 0.1) is 9.48 Å². The molecule has 0 unspecified atom stereocenters. The molecule has 2 aromatic rings. The molecular weight excluding hydrogens is 326 g/mol. The monoisotopic (exact) mass is 343 g/mol. The molecule has 19 heavy (non-hydrogen) atoms. The summed E-state index contributed by atoms with van der Waals surface area (Å²) in [6.07, 6.45) is 2.84. The summed E-state index contributed by atoms with van der Waals surface area (Å²) in [6, 6.07) is 2.78. The maximum atomic E-state index is 5.50. The highest BCUT2D eigenvalue weighted by molar-refractivity contribution is 9.11. The molecule has 0 aliphatic heterocycles. The van der Waals surface area contributed by atoms with E-state index < -0.39 is 0 Å². The molecule has 104 valence electrons. The van der Waals surface area contributed by atoms with E-state index in [4.69, 9.17) is 4.42 Å². The molecule has 0 aliphatic carbocycles. The number of aromatic nitrogens is 1. The summed E-state index contributed by atoms with van der Waals surface area (Å²) in [5.41, 5.74) is 2.20. The van der Waals surface area contributed by atoms with E-state index >= 15 is 0 Å². The Morgan fingerprint density at radius 3 is 3.05 bits per heavy atom. The third-order valence-electron chi connectivity index (χ3n) is 2.64. The Labute approximate surface area is 126 Å². The Bertz CT molecular complexity index is 511. The van der Waals surface area contributed by atoms with Crippen LogP contribution in [0.3, 0.4) is 0 Å². The van der Waals surface area contributed by atoms with Crippen LogP contribution in [0.25, 0.3) is 0 Å². The van der Waals surface area contributed by atoms with E-state index in [0.717, 1.165) is 35.5 Å². The van der Waals surface area contributed by atoms with Crippen LogP contribution in [0.5, 0.6) is 0 Å². The van der Waals surface area contributed by atoms with E-state index in [-0.39, 0.29) is 0 Å². The average molecular weight is 344 g/mol. The predicted molar refractivity (Wildman–Crippen MR) is 82.6 cm³/mol. The fraction of sp³-hybridized carbons (Fsp3) is 0.462. The van der Waals surface area contributed by atoms with Crippen molar-refractivity contribution < 1.29 is 4.42 Å². The molecule has 0 aliphatic rings. The van der Waals surface area contributed by atoms with Crippen LogP contribution in [0.15, 0.2) is 25.9 Å². The van der Waals surface area contributed by atoms with Crippen molar-refractivity contribution in [3.8, 4) is 0 Å². The van der Waals surface area contributed by atoms with Gasteiger partial charge >= 0.3 is 0 Å². The first-order valence-electron chi connectivity index (χ1n) is 6.28. The van der Waals surface area contributed by atoms with Crippen LogP contribution in [0.2, 0.25) is 0 Å². The van der Waals surface area contributed by atoms with Gasteiger partial charge in [-0.15, -0.1) is 11.3 Å². The van der Waals surface area contributed by atoms with Crippen LogP contribution in [0, 0.1) is 0 Å². The Kier molecular flexibility index (Phi) is 5.42. The predicted octanol–water partition coefficient (Wildman–Crippen LogP) is 3.63. The number of hydrogen-bond acceptors (Lipinski definition) is 5. The largest absolute Gasteiger partial charge is 0.432 e. The Balaban J connectivity index is 1.90. The van der Waals surface area contributed by atoms with Crippen LogP contribution in [0.1, 0.15) is 24.6 Å². The highest BCUT2D eigenvalue weighted by Crippen LogP contribution is 2.23. The fourth-order valence-electron chi connectivity index (χ4n) is 1.72. The van der Waals surface area contributed by atoms with Gasteiger partial charge in [0.2, 0.25) is 0 Å². The number of anilines is 1. The molecule has 0 saturated carbocycles. The second-order valence-corrected chi connectivity index (χ2v) is 6.70. The first-order chi connectivity index (χ1) is 9.19. The fourth-order valence-corrected chi connectivity index (χ4v) is 2.92. The Hall–Kier alpha value is -0.850. The molecule has 1 N–H and O–H groups in total. The molecule has 0 amide bonds. The average Bonchev–Trinajstić information content (AvgIpc) is 2.99. The van der Waals surface area contributed by atoms with E-state index in [1.54, 1.807) is 17.6 Å². The zero-order chi connectivity index (χ0) is 13.7. The minimum atomic E-state index is 0.663. The Morgan fingerprint density at radius 2 is 2.37 bits per heavy atom. The van der Waals surface area contributed by atoms with Crippen molar-refractivity contribution in [2.45, 2.75) is 26.4 Å². The van der Waals surface area contributed by atoms with E-state index in [9.17, 15) is 0 Å². The lowest BCUT2D eigenvalue weighted by molar-refractivity contribution is 0.542. The van der Waals surface area contributed by atoms with Crippen LogP contribution in [0.4, 0.5) is 6.01 Å². The quantitative estimate of drug-likeness (QED) is 0.779. The Morgan fingerprint density at radius 1 is 1.53 bits per heavy atom. The lowest BCUT2D eigenvalue weighted by Gasteiger charge is -2.12. The third kappa shape index (κ3) is 4.33. The molecule has 2 heterocycles. The molecule has 2 aromatic heterocycles. The molecule has 0 aromatic carbocycles. The number of rotatable bonds is 7. The van der Waals surface area contributed by atoms with Gasteiger partial charge in [-0.2, -0.15) is 4.98 Å². The zero-order valence-corrected chi connectivity index (χ0v) is 13.6. The van der Waals surface area contributed by atoms with Gasteiger partial charge < -0.3 is 14.6 Å². The molecule has 0 fully saturated rings. The minimum Gasteiger partial charge on any atom is -0.432 e. The van der Waals surface area contributed by atoms with Crippen molar-refractivity contribution in [2.75, 3.05) is 18.5 Å². The van der Waals surface area contributed by atoms with Gasteiger partial charge in [0.1, 0.15) is 6.26 Å². The summed E-state index contributed by atoms with van der Waals surface area (Å²) in [6.45, 7) is 4.70. The molecule has 0 spiro atoms. The van der Waals surface area contributed by atoms with Crippen molar-refractivity contribution in [3.63, 3.8) is 0 Å². The minimum absolute atomic E-state index is 0.663. The first kappa shape index (κ1) is 14.6. The lowest BCUT2D eigenvalue weighted by atomic mass is 10.3. The molecule has 0 bridgehead atoms. The van der Waals surface area contributed by atoms with Gasteiger partial charge in [0, 0.05) is 20.1 Å². The van der Waals surface area contributed by atoms with Crippen molar-refractivity contribution in [1.29, 1.82) is 0 Å². The summed E-state index contributed by atoms with van der Waals surface area (Å²) in [4.78, 5) is 6.49. The molecule has 6 heteroatoms. The number of nitrogens with zero attached hydrogens (tertiary/aromatic N) is 2. The maximum absolute atomic E-state index is 5.50. The molecule has 0 radical (unpaired) electrons. The lowest BCUT2D eigenvalue weighted by Crippen LogP contribution is -2.17. The molecule has 2 rings (SSSR count). The van der Waals surface area contributed by atoms with Gasteiger partial charge in [-0.25, -0.2) is 0 Å². The second-order valence-electron chi connectivity index (χ2n) is 4.41. The van der Waals surface area contributed by atoms with Gasteiger partial charge in [-0.3, -0.25) is 0 Å². The molecular formula is C13H18BrN3OS. The van der Waals surface area contributed by atoms with Gasteiger partial charge in [0.25, 0.3) is 6.01 Å². The number of thiophene rings is 1. The van der Waals surface area contributed by atoms with Gasteiger partial charge in [0.15, 0.2) is 0 Å².